The van der Waals surface area contributed by atoms with E-state index < -0.39 is 0 Å². The summed E-state index contributed by atoms with van der Waals surface area (Å²) >= 11 is 0. The van der Waals surface area contributed by atoms with Crippen molar-refractivity contribution in [3.05, 3.63) is 29.8 Å². The number of amides is 2. The number of terminal acetylenes is 1. The first-order chi connectivity index (χ1) is 10.1. The van der Waals surface area contributed by atoms with Crippen LogP contribution in [0.2, 0.25) is 0 Å². The smallest absolute Gasteiger partial charge is 0.321 e. The van der Waals surface area contributed by atoms with Crippen molar-refractivity contribution >= 4 is 11.7 Å². The average molecular weight is 286 g/mol. The third-order valence-electron chi connectivity index (χ3n) is 4.22. The van der Waals surface area contributed by atoms with Crippen LogP contribution in [0, 0.1) is 18.3 Å². The Labute approximate surface area is 126 Å². The molecule has 0 atom stereocenters. The number of nitrogens with zero attached hydrogens (tertiary/aromatic N) is 1. The molecule has 2 amide bonds. The molecule has 21 heavy (non-hydrogen) atoms. The second-order valence-corrected chi connectivity index (χ2v) is 5.62. The molecule has 0 aliphatic heterocycles. The molecule has 1 aliphatic rings. The van der Waals surface area contributed by atoms with Crippen LogP contribution in [-0.4, -0.2) is 35.7 Å². The molecule has 0 unspecified atom stereocenters. The van der Waals surface area contributed by atoms with E-state index in [0.717, 1.165) is 31.2 Å². The molecule has 1 aliphatic carbocycles. The maximum Gasteiger partial charge on any atom is 0.321 e. The van der Waals surface area contributed by atoms with Gasteiger partial charge in [0.2, 0.25) is 0 Å². The quantitative estimate of drug-likeness (QED) is 0.839. The molecule has 2 N–H and O–H groups in total. The highest BCUT2D eigenvalue weighted by Gasteiger charge is 2.26. The second-order valence-electron chi connectivity index (χ2n) is 5.62. The molecule has 2 rings (SSSR count). The number of aliphatic hydroxyl groups excluding tert-OH is 1. The molecule has 112 valence electrons. The Morgan fingerprint density at radius 3 is 2.76 bits per heavy atom. The lowest BCUT2D eigenvalue weighted by Gasteiger charge is -2.34. The van der Waals surface area contributed by atoms with E-state index in [1.165, 1.54) is 0 Å². The van der Waals surface area contributed by atoms with Gasteiger partial charge in [-0.05, 0) is 49.8 Å². The Morgan fingerprint density at radius 1 is 1.43 bits per heavy atom. The molecule has 0 heterocycles. The van der Waals surface area contributed by atoms with Crippen molar-refractivity contribution in [1.82, 2.24) is 4.90 Å². The highest BCUT2D eigenvalue weighted by atomic mass is 16.3. The van der Waals surface area contributed by atoms with Gasteiger partial charge in [0.15, 0.2) is 0 Å². The van der Waals surface area contributed by atoms with Gasteiger partial charge in [-0.15, -0.1) is 6.42 Å². The van der Waals surface area contributed by atoms with Crippen molar-refractivity contribution in [2.75, 3.05) is 19.0 Å². The number of carbonyl (C=O) groups is 1. The van der Waals surface area contributed by atoms with E-state index in [0.29, 0.717) is 11.6 Å². The van der Waals surface area contributed by atoms with Crippen LogP contribution in [0.1, 0.15) is 31.2 Å². The zero-order valence-electron chi connectivity index (χ0n) is 12.4. The molecule has 0 radical (unpaired) electrons. The summed E-state index contributed by atoms with van der Waals surface area (Å²) in [6.07, 6.45) is 9.20. The number of hydrogen-bond acceptors (Lipinski definition) is 2. The van der Waals surface area contributed by atoms with Crippen LogP contribution < -0.4 is 5.32 Å². The lowest BCUT2D eigenvalue weighted by molar-refractivity contribution is 0.139. The van der Waals surface area contributed by atoms with Crippen molar-refractivity contribution in [3.8, 4) is 12.3 Å². The van der Waals surface area contributed by atoms with Crippen LogP contribution in [0.25, 0.3) is 0 Å². The number of carbonyl (C=O) groups excluding carboxylic acids is 1. The maximum absolute atomic E-state index is 12.3. The summed E-state index contributed by atoms with van der Waals surface area (Å²) in [4.78, 5) is 14.0. The largest absolute Gasteiger partial charge is 0.396 e. The maximum atomic E-state index is 12.3. The minimum Gasteiger partial charge on any atom is -0.396 e. The molecule has 1 aromatic rings. The van der Waals surface area contributed by atoms with Gasteiger partial charge in [-0.3, -0.25) is 0 Å². The van der Waals surface area contributed by atoms with Gasteiger partial charge in [0.05, 0.1) is 0 Å². The normalized spacial score (nSPS) is 21.4. The number of aliphatic hydroxyl groups is 1. The standard InChI is InChI=1S/C17H22N2O2/c1-3-13-5-4-6-15(11-13)18-17(21)19(2)16-9-7-14(12-20)8-10-16/h1,4-6,11,14,16,20H,7-10,12H2,2H3,(H,18,21). The summed E-state index contributed by atoms with van der Waals surface area (Å²) in [5.41, 5.74) is 1.46. The Balaban J connectivity index is 1.92. The molecule has 4 heteroatoms. The number of rotatable bonds is 3. The Morgan fingerprint density at radius 2 is 2.14 bits per heavy atom. The second kappa shape index (κ2) is 7.14. The summed E-state index contributed by atoms with van der Waals surface area (Å²) in [6.45, 7) is 0.251. The first-order valence-corrected chi connectivity index (χ1v) is 7.35. The number of benzene rings is 1. The molecule has 0 aromatic heterocycles. The lowest BCUT2D eigenvalue weighted by Crippen LogP contribution is -2.42. The third-order valence-corrected chi connectivity index (χ3v) is 4.22. The summed E-state index contributed by atoms with van der Waals surface area (Å²) in [6, 6.07) is 7.40. The van der Waals surface area contributed by atoms with Gasteiger partial charge in [-0.25, -0.2) is 4.79 Å². The number of nitrogens with one attached hydrogen (secondary N) is 1. The first-order valence-electron chi connectivity index (χ1n) is 7.35. The van der Waals surface area contributed by atoms with E-state index in [1.54, 1.807) is 11.0 Å². The average Bonchev–Trinajstić information content (AvgIpc) is 2.54. The molecule has 0 bridgehead atoms. The highest BCUT2D eigenvalue weighted by Crippen LogP contribution is 2.27. The van der Waals surface area contributed by atoms with Crippen LogP contribution in [0.5, 0.6) is 0 Å². The molecule has 1 aromatic carbocycles. The molecule has 1 saturated carbocycles. The minimum atomic E-state index is -0.114. The Bertz CT molecular complexity index is 528. The van der Waals surface area contributed by atoms with Crippen molar-refractivity contribution < 1.29 is 9.90 Å². The fourth-order valence-electron chi connectivity index (χ4n) is 2.78. The third kappa shape index (κ3) is 3.99. The van der Waals surface area contributed by atoms with Gasteiger partial charge in [0, 0.05) is 30.9 Å². The van der Waals surface area contributed by atoms with Gasteiger partial charge in [0.25, 0.3) is 0 Å². The monoisotopic (exact) mass is 286 g/mol. The van der Waals surface area contributed by atoms with Crippen molar-refractivity contribution in [2.24, 2.45) is 5.92 Å². The fourth-order valence-corrected chi connectivity index (χ4v) is 2.78. The van der Waals surface area contributed by atoms with E-state index >= 15 is 0 Å². The van der Waals surface area contributed by atoms with Gasteiger partial charge in [0.1, 0.15) is 0 Å². The van der Waals surface area contributed by atoms with Crippen LogP contribution in [0.3, 0.4) is 0 Å². The van der Waals surface area contributed by atoms with Crippen LogP contribution in [0.4, 0.5) is 10.5 Å². The van der Waals surface area contributed by atoms with Gasteiger partial charge >= 0.3 is 6.03 Å². The van der Waals surface area contributed by atoms with E-state index in [2.05, 4.69) is 11.2 Å². The summed E-state index contributed by atoms with van der Waals surface area (Å²) < 4.78 is 0. The SMILES string of the molecule is C#Cc1cccc(NC(=O)N(C)C2CCC(CO)CC2)c1. The van der Waals surface area contributed by atoms with E-state index in [-0.39, 0.29) is 18.7 Å². The number of urea groups is 1. The van der Waals surface area contributed by atoms with E-state index in [9.17, 15) is 4.79 Å². The summed E-state index contributed by atoms with van der Waals surface area (Å²) in [5.74, 6) is 2.95. The van der Waals surface area contributed by atoms with Crippen molar-refractivity contribution in [3.63, 3.8) is 0 Å². The van der Waals surface area contributed by atoms with E-state index in [1.807, 2.05) is 25.2 Å². The molecule has 4 nitrogen and oxygen atoms in total. The molecular formula is C17H22N2O2. The van der Waals surface area contributed by atoms with Crippen LogP contribution in [-0.2, 0) is 0 Å². The number of anilines is 1. The molecular weight excluding hydrogens is 264 g/mol. The zero-order chi connectivity index (χ0) is 15.2. The number of hydrogen-bond donors (Lipinski definition) is 2. The first kappa shape index (κ1) is 15.4. The van der Waals surface area contributed by atoms with Crippen LogP contribution in [0.15, 0.2) is 24.3 Å². The van der Waals surface area contributed by atoms with Crippen molar-refractivity contribution in [1.29, 1.82) is 0 Å². The molecule has 1 fully saturated rings. The molecule has 0 spiro atoms. The van der Waals surface area contributed by atoms with Crippen molar-refractivity contribution in [2.45, 2.75) is 31.7 Å². The lowest BCUT2D eigenvalue weighted by atomic mass is 9.86. The van der Waals surface area contributed by atoms with Crippen LogP contribution >= 0.6 is 0 Å². The Hall–Kier alpha value is -1.99. The predicted molar refractivity (Wildman–Crippen MR) is 84.0 cm³/mol. The summed E-state index contributed by atoms with van der Waals surface area (Å²) in [5, 5.41) is 12.0. The van der Waals surface area contributed by atoms with E-state index in [4.69, 9.17) is 11.5 Å². The minimum absolute atomic E-state index is 0.114. The Kier molecular flexibility index (Phi) is 5.24. The highest BCUT2D eigenvalue weighted by molar-refractivity contribution is 5.89. The fraction of sp³-hybridized carbons (Fsp3) is 0.471. The summed E-state index contributed by atoms with van der Waals surface area (Å²) in [7, 11) is 1.82. The van der Waals surface area contributed by atoms with Gasteiger partial charge < -0.3 is 15.3 Å². The van der Waals surface area contributed by atoms with Gasteiger partial charge in [-0.1, -0.05) is 12.0 Å². The molecule has 0 saturated heterocycles. The zero-order valence-corrected chi connectivity index (χ0v) is 12.4. The topological polar surface area (TPSA) is 52.6 Å². The predicted octanol–water partition coefficient (Wildman–Crippen LogP) is 2.68. The van der Waals surface area contributed by atoms with Gasteiger partial charge in [-0.2, -0.15) is 0 Å².